The molecule has 0 bridgehead atoms. The third-order valence-corrected chi connectivity index (χ3v) is 7.87. The van der Waals surface area contributed by atoms with Crippen molar-refractivity contribution in [2.24, 2.45) is 5.10 Å². The van der Waals surface area contributed by atoms with Gasteiger partial charge in [-0.1, -0.05) is 54.6 Å². The number of hydrogen-bond acceptors (Lipinski definition) is 4. The molecule has 0 saturated heterocycles. The van der Waals surface area contributed by atoms with Gasteiger partial charge in [0.1, 0.15) is 0 Å². The van der Waals surface area contributed by atoms with Gasteiger partial charge >= 0.3 is 6.18 Å². The summed E-state index contributed by atoms with van der Waals surface area (Å²) in [6, 6.07) is 24.9. The average molecular weight is 571 g/mol. The van der Waals surface area contributed by atoms with Crippen LogP contribution in [0.3, 0.4) is 0 Å². The van der Waals surface area contributed by atoms with E-state index in [4.69, 9.17) is 0 Å². The number of alkyl halides is 3. The minimum absolute atomic E-state index is 0.328. The maximum atomic E-state index is 13.6. The van der Waals surface area contributed by atoms with Gasteiger partial charge in [-0.2, -0.15) is 18.3 Å². The van der Waals surface area contributed by atoms with E-state index in [9.17, 15) is 18.0 Å². The van der Waals surface area contributed by atoms with Crippen LogP contribution in [-0.4, -0.2) is 32.8 Å². The van der Waals surface area contributed by atoms with Gasteiger partial charge in [0.25, 0.3) is 5.91 Å². The Hall–Kier alpha value is -4.59. The molecule has 4 aromatic carbocycles. The van der Waals surface area contributed by atoms with E-state index in [0.717, 1.165) is 39.5 Å². The van der Waals surface area contributed by atoms with Gasteiger partial charge in [0.05, 0.1) is 5.56 Å². The van der Waals surface area contributed by atoms with E-state index < -0.39 is 17.2 Å². The van der Waals surface area contributed by atoms with Crippen LogP contribution in [0.1, 0.15) is 40.9 Å². The highest BCUT2D eigenvalue weighted by atomic mass is 19.4. The number of nitrogens with one attached hydrogen (secondary N) is 1. The number of benzene rings is 4. The van der Waals surface area contributed by atoms with Crippen molar-refractivity contribution in [3.63, 3.8) is 0 Å². The number of allylic oxidation sites excluding steroid dienone is 2. The SMILES string of the molecule is CCN1/C(=C\C=N\NC(=O)c2cccc3ccccc23)C(C)(Cc2cccc(C(F)(F)F)c2)c2cc(N(C)C)ccc21. The molecule has 5 rings (SSSR count). The molecule has 0 spiro atoms. The van der Waals surface area contributed by atoms with Crippen LogP contribution in [0.15, 0.2) is 102 Å². The minimum Gasteiger partial charge on any atom is -0.378 e. The summed E-state index contributed by atoms with van der Waals surface area (Å²) in [6.45, 7) is 4.73. The molecule has 0 aliphatic carbocycles. The summed E-state index contributed by atoms with van der Waals surface area (Å²) in [5.41, 5.74) is 6.31. The first-order chi connectivity index (χ1) is 20.0. The number of amides is 1. The van der Waals surface area contributed by atoms with Crippen molar-refractivity contribution < 1.29 is 18.0 Å². The Balaban J connectivity index is 1.51. The number of likely N-dealkylation sites (N-methyl/N-ethyl adjacent to an activating group) is 1. The predicted molar refractivity (Wildman–Crippen MR) is 164 cm³/mol. The molecule has 1 atom stereocenters. The molecule has 8 heteroatoms. The number of carbonyl (C=O) groups is 1. The zero-order valence-corrected chi connectivity index (χ0v) is 24.0. The molecule has 1 aliphatic heterocycles. The lowest BCUT2D eigenvalue weighted by Crippen LogP contribution is -2.31. The molecule has 0 radical (unpaired) electrons. The first-order valence-corrected chi connectivity index (χ1v) is 13.8. The number of hydrazone groups is 1. The van der Waals surface area contributed by atoms with Gasteiger partial charge in [0, 0.05) is 54.9 Å². The molecule has 1 unspecified atom stereocenters. The first kappa shape index (κ1) is 28.9. The zero-order chi connectivity index (χ0) is 30.1. The monoisotopic (exact) mass is 570 g/mol. The molecular formula is C34H33F3N4O. The summed E-state index contributed by atoms with van der Waals surface area (Å²) in [5.74, 6) is -0.328. The van der Waals surface area contributed by atoms with Gasteiger partial charge in [0.15, 0.2) is 0 Å². The number of fused-ring (bicyclic) bond motifs is 2. The third kappa shape index (κ3) is 5.49. The molecule has 0 fully saturated rings. The van der Waals surface area contributed by atoms with Gasteiger partial charge in [-0.15, -0.1) is 0 Å². The maximum absolute atomic E-state index is 13.6. The number of carbonyl (C=O) groups excluding carboxylic acids is 1. The average Bonchev–Trinajstić information content (AvgIpc) is 3.20. The smallest absolute Gasteiger partial charge is 0.378 e. The highest BCUT2D eigenvalue weighted by Crippen LogP contribution is 2.50. The van der Waals surface area contributed by atoms with E-state index in [-0.39, 0.29) is 5.91 Å². The fourth-order valence-electron chi connectivity index (χ4n) is 5.80. The van der Waals surface area contributed by atoms with Gasteiger partial charge in [-0.25, -0.2) is 5.43 Å². The van der Waals surface area contributed by atoms with E-state index in [0.29, 0.717) is 24.1 Å². The second-order valence-electron chi connectivity index (χ2n) is 10.8. The summed E-state index contributed by atoms with van der Waals surface area (Å²) in [5, 5.41) is 6.02. The fourth-order valence-corrected chi connectivity index (χ4v) is 5.80. The molecular weight excluding hydrogens is 537 g/mol. The molecule has 1 heterocycles. The largest absolute Gasteiger partial charge is 0.416 e. The Morgan fingerprint density at radius 3 is 2.48 bits per heavy atom. The van der Waals surface area contributed by atoms with Crippen molar-refractivity contribution in [1.29, 1.82) is 0 Å². The number of hydrogen-bond donors (Lipinski definition) is 1. The van der Waals surface area contributed by atoms with Crippen LogP contribution >= 0.6 is 0 Å². The summed E-state index contributed by atoms with van der Waals surface area (Å²) in [6.07, 6.45) is -0.690. The van der Waals surface area contributed by atoms with Crippen LogP contribution < -0.4 is 15.2 Å². The zero-order valence-electron chi connectivity index (χ0n) is 24.0. The van der Waals surface area contributed by atoms with Crippen LogP contribution in [-0.2, 0) is 18.0 Å². The Morgan fingerprint density at radius 1 is 1.00 bits per heavy atom. The van der Waals surface area contributed by atoms with Gasteiger partial charge in [-0.3, -0.25) is 4.79 Å². The molecule has 0 saturated carbocycles. The molecule has 1 N–H and O–H groups in total. The molecule has 1 amide bonds. The number of anilines is 2. The van der Waals surface area contributed by atoms with Crippen molar-refractivity contribution >= 4 is 34.3 Å². The summed E-state index contributed by atoms with van der Waals surface area (Å²) in [7, 11) is 3.92. The topological polar surface area (TPSA) is 47.9 Å². The molecule has 216 valence electrons. The second kappa shape index (κ2) is 11.4. The van der Waals surface area contributed by atoms with Gasteiger partial charge < -0.3 is 9.80 Å². The fraction of sp³-hybridized carbons (Fsp3) is 0.235. The van der Waals surface area contributed by atoms with E-state index >= 15 is 0 Å². The predicted octanol–water partition coefficient (Wildman–Crippen LogP) is 7.56. The van der Waals surface area contributed by atoms with Crippen LogP contribution in [0.2, 0.25) is 0 Å². The van der Waals surface area contributed by atoms with E-state index in [1.54, 1.807) is 18.3 Å². The lowest BCUT2D eigenvalue weighted by molar-refractivity contribution is -0.137. The molecule has 5 nitrogen and oxygen atoms in total. The molecule has 1 aliphatic rings. The van der Waals surface area contributed by atoms with Crippen molar-refractivity contribution in [2.75, 3.05) is 30.4 Å². The number of halogens is 3. The number of nitrogens with zero attached hydrogens (tertiary/aromatic N) is 3. The maximum Gasteiger partial charge on any atom is 0.416 e. The van der Waals surface area contributed by atoms with Crippen LogP contribution in [0.5, 0.6) is 0 Å². The molecule has 0 aromatic heterocycles. The Labute approximate surface area is 244 Å². The summed E-state index contributed by atoms with van der Waals surface area (Å²) >= 11 is 0. The van der Waals surface area contributed by atoms with E-state index in [2.05, 4.69) is 34.5 Å². The number of rotatable bonds is 7. The van der Waals surface area contributed by atoms with Crippen LogP contribution in [0.25, 0.3) is 10.8 Å². The first-order valence-electron chi connectivity index (χ1n) is 13.8. The highest BCUT2D eigenvalue weighted by Gasteiger charge is 2.43. The summed E-state index contributed by atoms with van der Waals surface area (Å²) in [4.78, 5) is 17.1. The second-order valence-corrected chi connectivity index (χ2v) is 10.8. The van der Waals surface area contributed by atoms with Gasteiger partial charge in [0.2, 0.25) is 0 Å². The Kier molecular flexibility index (Phi) is 7.82. The quantitative estimate of drug-likeness (QED) is 0.184. The van der Waals surface area contributed by atoms with Crippen molar-refractivity contribution in [1.82, 2.24) is 5.43 Å². The third-order valence-electron chi connectivity index (χ3n) is 7.87. The van der Waals surface area contributed by atoms with Crippen LogP contribution in [0, 0.1) is 0 Å². The minimum atomic E-state index is -4.42. The van der Waals surface area contributed by atoms with Crippen molar-refractivity contribution in [2.45, 2.75) is 31.9 Å². The summed E-state index contributed by atoms with van der Waals surface area (Å²) < 4.78 is 40.7. The lowest BCUT2D eigenvalue weighted by Gasteiger charge is -2.30. The van der Waals surface area contributed by atoms with Crippen molar-refractivity contribution in [3.05, 3.63) is 119 Å². The standard InChI is InChI=1S/C34H33F3N4O/c1-5-41-30-17-16-26(40(3)4)21-29(30)33(2,22-23-10-8-13-25(20-23)34(35,36)37)31(41)18-19-38-39-32(42)28-15-9-12-24-11-6-7-14-27(24)28/h6-21H,5,22H2,1-4H3,(H,39,42)/b31-18-,38-19+. The van der Waals surface area contributed by atoms with Crippen LogP contribution in [0.4, 0.5) is 24.5 Å². The normalized spacial score (nSPS) is 17.7. The Morgan fingerprint density at radius 2 is 1.74 bits per heavy atom. The molecule has 4 aromatic rings. The van der Waals surface area contributed by atoms with Crippen molar-refractivity contribution in [3.8, 4) is 0 Å². The van der Waals surface area contributed by atoms with E-state index in [1.165, 1.54) is 12.1 Å². The molecule has 42 heavy (non-hydrogen) atoms. The Bertz CT molecular complexity index is 1690. The lowest BCUT2D eigenvalue weighted by atomic mass is 9.76. The van der Waals surface area contributed by atoms with E-state index in [1.807, 2.05) is 74.5 Å². The van der Waals surface area contributed by atoms with Gasteiger partial charge in [-0.05, 0) is 78.6 Å². The highest BCUT2D eigenvalue weighted by molar-refractivity contribution is 6.07.